The fourth-order valence-corrected chi connectivity index (χ4v) is 5.91. The largest absolute Gasteiger partial charge is 0.433 e. The third kappa shape index (κ3) is 5.12. The van der Waals surface area contributed by atoms with Gasteiger partial charge in [-0.25, -0.2) is 0 Å². The van der Waals surface area contributed by atoms with Crippen molar-refractivity contribution >= 4 is 67.5 Å². The number of nitrogens with zero attached hydrogens (tertiary/aromatic N) is 2. The van der Waals surface area contributed by atoms with E-state index in [4.69, 9.17) is 29.2 Å². The van der Waals surface area contributed by atoms with Crippen LogP contribution in [0.25, 0.3) is 43.8 Å². The van der Waals surface area contributed by atoms with Gasteiger partial charge in [-0.15, -0.1) is 0 Å². The maximum atomic E-state index is 12.3. The molecule has 0 saturated carbocycles. The summed E-state index contributed by atoms with van der Waals surface area (Å²) in [6, 6.07) is 35.5. The lowest BCUT2D eigenvalue weighted by atomic mass is 9.93. The first-order chi connectivity index (χ1) is 20.8. The zero-order chi connectivity index (χ0) is 30.1. The number of thiocarbonyl (C=S) groups is 2. The summed E-state index contributed by atoms with van der Waals surface area (Å²) < 4.78 is 6.02. The Morgan fingerprint density at radius 3 is 1.19 bits per heavy atom. The molecular weight excluding hydrogens is 581 g/mol. The highest BCUT2D eigenvalue weighted by molar-refractivity contribution is 7.82. The van der Waals surface area contributed by atoms with Gasteiger partial charge in [0.25, 0.3) is 11.4 Å². The van der Waals surface area contributed by atoms with Gasteiger partial charge in [-0.3, -0.25) is 20.2 Å². The number of benzene rings is 6. The van der Waals surface area contributed by atoms with Crippen molar-refractivity contribution in [3.05, 3.63) is 153 Å². The predicted molar refractivity (Wildman–Crippen MR) is 177 cm³/mol. The van der Waals surface area contributed by atoms with Crippen molar-refractivity contribution in [2.75, 3.05) is 0 Å². The number of nitro benzene ring substituents is 2. The SMILES string of the molecule is O=[N+]([O-])c1cc(C(=S)OC(=S)c2cc([N+](=O)[O-])c(-c3ccccc3)c3ccccc23)c2ccccc2c1-c1ccccc1. The fourth-order valence-electron chi connectivity index (χ4n) is 5.36. The van der Waals surface area contributed by atoms with Crippen molar-refractivity contribution in [3.63, 3.8) is 0 Å². The van der Waals surface area contributed by atoms with Gasteiger partial charge in [0, 0.05) is 23.3 Å². The van der Waals surface area contributed by atoms with Gasteiger partial charge in [-0.05, 0) is 57.1 Å². The van der Waals surface area contributed by atoms with E-state index in [0.29, 0.717) is 54.9 Å². The molecule has 0 unspecified atom stereocenters. The highest BCUT2D eigenvalue weighted by Crippen LogP contribution is 2.41. The van der Waals surface area contributed by atoms with E-state index in [1.54, 1.807) is 24.3 Å². The van der Waals surface area contributed by atoms with Crippen LogP contribution in [0.1, 0.15) is 11.1 Å². The lowest BCUT2D eigenvalue weighted by Crippen LogP contribution is -2.13. The van der Waals surface area contributed by atoms with Gasteiger partial charge in [-0.1, -0.05) is 109 Å². The summed E-state index contributed by atoms with van der Waals surface area (Å²) in [7, 11) is 0. The van der Waals surface area contributed by atoms with Crippen LogP contribution >= 0.6 is 24.4 Å². The molecule has 0 aliphatic carbocycles. The Kier molecular flexibility index (Phi) is 7.41. The van der Waals surface area contributed by atoms with Gasteiger partial charge in [0.15, 0.2) is 10.1 Å². The summed E-state index contributed by atoms with van der Waals surface area (Å²) in [6.45, 7) is 0. The molecule has 6 rings (SSSR count). The quantitative estimate of drug-likeness (QED) is 0.107. The molecule has 6 aromatic carbocycles. The van der Waals surface area contributed by atoms with Crippen molar-refractivity contribution < 1.29 is 14.6 Å². The van der Waals surface area contributed by atoms with Gasteiger partial charge in [0.2, 0.25) is 0 Å². The van der Waals surface area contributed by atoms with Crippen LogP contribution in [0.2, 0.25) is 0 Å². The number of fused-ring (bicyclic) bond motifs is 2. The lowest BCUT2D eigenvalue weighted by Gasteiger charge is -2.16. The summed E-state index contributed by atoms with van der Waals surface area (Å²) in [5.41, 5.74) is 2.68. The minimum absolute atomic E-state index is 0.0808. The Morgan fingerprint density at radius 2 is 0.837 bits per heavy atom. The second kappa shape index (κ2) is 11.5. The predicted octanol–water partition coefficient (Wildman–Crippen LogP) is 9.21. The van der Waals surface area contributed by atoms with Crippen LogP contribution in [-0.2, 0) is 4.74 Å². The van der Waals surface area contributed by atoms with E-state index < -0.39 is 9.85 Å². The molecule has 0 aliphatic rings. The summed E-state index contributed by atoms with van der Waals surface area (Å²) in [6.07, 6.45) is 0. The number of rotatable bonds is 6. The molecule has 208 valence electrons. The molecular formula is C34H20N2O5S2. The van der Waals surface area contributed by atoms with E-state index >= 15 is 0 Å². The fraction of sp³-hybridized carbons (Fsp3) is 0. The Morgan fingerprint density at radius 1 is 0.512 bits per heavy atom. The molecule has 0 amide bonds. The smallest absolute Gasteiger partial charge is 0.278 e. The number of ether oxygens (including phenoxy) is 1. The van der Waals surface area contributed by atoms with Crippen molar-refractivity contribution in [3.8, 4) is 22.3 Å². The van der Waals surface area contributed by atoms with Gasteiger partial charge < -0.3 is 4.74 Å². The first-order valence-corrected chi connectivity index (χ1v) is 13.9. The molecule has 0 aromatic heterocycles. The molecule has 0 heterocycles. The third-order valence-electron chi connectivity index (χ3n) is 7.19. The zero-order valence-electron chi connectivity index (χ0n) is 22.3. The van der Waals surface area contributed by atoms with E-state index in [-0.39, 0.29) is 21.5 Å². The van der Waals surface area contributed by atoms with Gasteiger partial charge >= 0.3 is 0 Å². The molecule has 43 heavy (non-hydrogen) atoms. The lowest BCUT2D eigenvalue weighted by molar-refractivity contribution is -0.384. The van der Waals surface area contributed by atoms with Crippen LogP contribution in [0.4, 0.5) is 11.4 Å². The molecule has 7 nitrogen and oxygen atoms in total. The summed E-state index contributed by atoms with van der Waals surface area (Å²) in [5.74, 6) is 0. The van der Waals surface area contributed by atoms with E-state index in [2.05, 4.69) is 0 Å². The second-order valence-electron chi connectivity index (χ2n) is 9.65. The maximum Gasteiger partial charge on any atom is 0.278 e. The maximum absolute atomic E-state index is 12.3. The summed E-state index contributed by atoms with van der Waals surface area (Å²) >= 11 is 11.3. The monoisotopic (exact) mass is 600 g/mol. The molecule has 0 aliphatic heterocycles. The summed E-state index contributed by atoms with van der Waals surface area (Å²) in [4.78, 5) is 23.7. The topological polar surface area (TPSA) is 95.5 Å². The van der Waals surface area contributed by atoms with Crippen LogP contribution < -0.4 is 0 Å². The highest BCUT2D eigenvalue weighted by Gasteiger charge is 2.26. The van der Waals surface area contributed by atoms with E-state index in [0.717, 1.165) is 0 Å². The number of hydrogen-bond donors (Lipinski definition) is 0. The molecule has 0 N–H and O–H groups in total. The third-order valence-corrected chi connectivity index (χ3v) is 7.80. The second-order valence-corrected chi connectivity index (χ2v) is 10.4. The highest BCUT2D eigenvalue weighted by atomic mass is 32.1. The normalized spacial score (nSPS) is 10.9. The number of nitro groups is 2. The van der Waals surface area contributed by atoms with Crippen LogP contribution in [0.5, 0.6) is 0 Å². The first-order valence-electron chi connectivity index (χ1n) is 13.1. The number of hydrogen-bond acceptors (Lipinski definition) is 7. The van der Waals surface area contributed by atoms with Crippen LogP contribution in [-0.4, -0.2) is 19.9 Å². The molecule has 0 atom stereocenters. The van der Waals surface area contributed by atoms with Gasteiger partial charge in [0.05, 0.1) is 21.0 Å². The average molecular weight is 601 g/mol. The van der Waals surface area contributed by atoms with E-state index in [9.17, 15) is 20.2 Å². The minimum atomic E-state index is -0.446. The molecule has 0 radical (unpaired) electrons. The zero-order valence-corrected chi connectivity index (χ0v) is 23.9. The Bertz CT molecular complexity index is 1950. The van der Waals surface area contributed by atoms with Crippen molar-refractivity contribution in [2.24, 2.45) is 0 Å². The minimum Gasteiger partial charge on any atom is -0.433 e. The van der Waals surface area contributed by atoms with E-state index in [1.165, 1.54) is 12.1 Å². The van der Waals surface area contributed by atoms with Crippen LogP contribution in [0.3, 0.4) is 0 Å². The Labute approximate surface area is 256 Å². The standard InChI is InChI=1S/C34H20N2O5S2/c37-35(38)29-19-27(23-15-7-9-17-25(23)31(29)21-11-3-1-4-12-21)33(42)41-34(43)28-20-30(36(39)40)32(22-13-5-2-6-14-22)26-18-10-8-16-24(26)28/h1-20H. The van der Waals surface area contributed by atoms with Crippen LogP contribution in [0.15, 0.2) is 121 Å². The summed E-state index contributed by atoms with van der Waals surface area (Å²) in [5, 5.41) is 27.0. The van der Waals surface area contributed by atoms with Crippen molar-refractivity contribution in [1.82, 2.24) is 0 Å². The van der Waals surface area contributed by atoms with E-state index in [1.807, 2.05) is 84.9 Å². The average Bonchev–Trinajstić information content (AvgIpc) is 3.03. The Balaban J connectivity index is 1.48. The molecule has 0 bridgehead atoms. The molecule has 0 fully saturated rings. The van der Waals surface area contributed by atoms with Crippen molar-refractivity contribution in [1.29, 1.82) is 0 Å². The van der Waals surface area contributed by atoms with Crippen LogP contribution in [0, 0.1) is 20.2 Å². The van der Waals surface area contributed by atoms with Gasteiger partial charge in [0.1, 0.15) is 0 Å². The first kappa shape index (κ1) is 27.8. The molecule has 0 saturated heterocycles. The Hall–Kier alpha value is -5.38. The molecule has 6 aromatic rings. The van der Waals surface area contributed by atoms with Crippen molar-refractivity contribution in [2.45, 2.75) is 0 Å². The molecule has 0 spiro atoms. The molecule has 9 heteroatoms. The van der Waals surface area contributed by atoms with Gasteiger partial charge in [-0.2, -0.15) is 0 Å².